The number of phenols is 2. The third-order valence-corrected chi connectivity index (χ3v) is 14.3. The molecule has 2 N–H and O–H groups in total. The molecule has 0 unspecified atom stereocenters. The number of allylic oxidation sites excluding steroid dienone is 2. The second-order valence-corrected chi connectivity index (χ2v) is 17.8. The first kappa shape index (κ1) is 31.4. The Balaban J connectivity index is 1.27. The number of benzene rings is 1. The molecular weight excluding hydrogens is 548 g/mol. The number of phenolic OH excluding ortho intramolecular Hbond substituents is 2. The Morgan fingerprint density at radius 1 is 0.864 bits per heavy atom. The van der Waals surface area contributed by atoms with E-state index in [1.54, 1.807) is 6.08 Å². The van der Waals surface area contributed by atoms with Gasteiger partial charge in [-0.2, -0.15) is 0 Å². The highest BCUT2D eigenvalue weighted by molar-refractivity contribution is 5.95. The molecule has 0 bridgehead atoms. The van der Waals surface area contributed by atoms with Crippen LogP contribution in [0.5, 0.6) is 11.5 Å². The average Bonchev–Trinajstić information content (AvgIpc) is 2.90. The molecule has 0 aliphatic heterocycles. The van der Waals surface area contributed by atoms with E-state index in [4.69, 9.17) is 4.74 Å². The predicted octanol–water partition coefficient (Wildman–Crippen LogP) is 9.02. The van der Waals surface area contributed by atoms with Crippen molar-refractivity contribution in [3.05, 3.63) is 41.5 Å². The van der Waals surface area contributed by atoms with E-state index in [0.717, 1.165) is 25.7 Å². The van der Waals surface area contributed by atoms with Gasteiger partial charge in [0.15, 0.2) is 5.78 Å². The number of rotatable bonds is 3. The fourth-order valence-electron chi connectivity index (χ4n) is 11.6. The van der Waals surface area contributed by atoms with Gasteiger partial charge in [0, 0.05) is 23.5 Å². The Bertz CT molecular complexity index is 1410. The highest BCUT2D eigenvalue weighted by atomic mass is 16.5. The van der Waals surface area contributed by atoms with E-state index in [1.165, 1.54) is 62.0 Å². The van der Waals surface area contributed by atoms with Gasteiger partial charge in [-0.1, -0.05) is 61.0 Å². The van der Waals surface area contributed by atoms with Gasteiger partial charge in [0.2, 0.25) is 0 Å². The maximum absolute atomic E-state index is 14.6. The van der Waals surface area contributed by atoms with E-state index in [9.17, 15) is 19.8 Å². The third kappa shape index (κ3) is 4.61. The van der Waals surface area contributed by atoms with Crippen molar-refractivity contribution < 1.29 is 24.5 Å². The van der Waals surface area contributed by atoms with Crippen LogP contribution in [-0.4, -0.2) is 28.1 Å². The van der Waals surface area contributed by atoms with E-state index in [-0.39, 0.29) is 51.1 Å². The molecule has 4 saturated carbocycles. The van der Waals surface area contributed by atoms with Crippen LogP contribution in [0.25, 0.3) is 6.08 Å². The van der Waals surface area contributed by atoms with Crippen LogP contribution in [0.2, 0.25) is 0 Å². The van der Waals surface area contributed by atoms with Crippen molar-refractivity contribution >= 4 is 17.8 Å². The van der Waals surface area contributed by atoms with Crippen LogP contribution in [0, 0.1) is 50.2 Å². The summed E-state index contributed by atoms with van der Waals surface area (Å²) in [7, 11) is 0. The number of aromatic hydroxyl groups is 2. The smallest absolute Gasteiger partial charge is 0.331 e. The molecule has 240 valence electrons. The van der Waals surface area contributed by atoms with Crippen molar-refractivity contribution in [2.75, 3.05) is 0 Å². The summed E-state index contributed by atoms with van der Waals surface area (Å²) in [5.41, 5.74) is 2.09. The lowest BCUT2D eigenvalue weighted by Gasteiger charge is -2.70. The lowest BCUT2D eigenvalue weighted by atomic mass is 9.33. The normalized spacial score (nSPS) is 42.4. The third-order valence-electron chi connectivity index (χ3n) is 14.3. The Kier molecular flexibility index (Phi) is 7.12. The number of ketones is 1. The topological polar surface area (TPSA) is 83.8 Å². The van der Waals surface area contributed by atoms with E-state index in [1.807, 2.05) is 0 Å². The zero-order valence-corrected chi connectivity index (χ0v) is 28.3. The van der Waals surface area contributed by atoms with Gasteiger partial charge >= 0.3 is 5.97 Å². The summed E-state index contributed by atoms with van der Waals surface area (Å²) in [5, 5.41) is 19.5. The number of ether oxygens (including phenoxy) is 1. The van der Waals surface area contributed by atoms with Gasteiger partial charge in [-0.25, -0.2) is 4.79 Å². The molecular formula is C39H54O5. The number of carbonyl (C=O) groups excluding carboxylic acids is 2. The lowest BCUT2D eigenvalue weighted by molar-refractivity contribution is -0.209. The summed E-state index contributed by atoms with van der Waals surface area (Å²) in [4.78, 5) is 27.6. The van der Waals surface area contributed by atoms with E-state index < -0.39 is 5.97 Å². The lowest BCUT2D eigenvalue weighted by Crippen LogP contribution is -2.66. The van der Waals surface area contributed by atoms with Crippen LogP contribution in [0.4, 0.5) is 0 Å². The summed E-state index contributed by atoms with van der Waals surface area (Å²) in [6, 6.07) is 4.23. The van der Waals surface area contributed by atoms with E-state index in [0.29, 0.717) is 28.1 Å². The number of hydrogen-bond donors (Lipinski definition) is 2. The van der Waals surface area contributed by atoms with E-state index in [2.05, 4.69) is 61.5 Å². The highest BCUT2D eigenvalue weighted by Crippen LogP contribution is 2.75. The van der Waals surface area contributed by atoms with Gasteiger partial charge in [0.1, 0.15) is 17.6 Å². The summed E-state index contributed by atoms with van der Waals surface area (Å²) >= 11 is 0. The molecule has 5 nitrogen and oxygen atoms in total. The molecule has 5 aliphatic rings. The van der Waals surface area contributed by atoms with Gasteiger partial charge in [0.05, 0.1) is 0 Å². The van der Waals surface area contributed by atoms with Crippen molar-refractivity contribution in [3.8, 4) is 11.5 Å². The molecule has 5 heteroatoms. The van der Waals surface area contributed by atoms with Crippen LogP contribution in [0.15, 0.2) is 35.9 Å². The minimum Gasteiger partial charge on any atom is -0.508 e. The minimum absolute atomic E-state index is 0.0235. The van der Waals surface area contributed by atoms with Crippen LogP contribution in [0.3, 0.4) is 0 Å². The molecule has 0 amide bonds. The standard InChI is InChI=1S/C39H54O5/c1-34(2)15-16-36(5)17-18-38(7)27(28(36)23-34)22-29(42)33-37(6)13-12-31(35(3,4)30(37)11-14-39(33,38)8)44-32(43)10-9-24-19-25(40)21-26(41)20-24/h9-10,19-22,28,30-31,33,40-41H,11-18,23H2,1-8H3/b10-9+/t28-,30-,31-,33-,36+,37-,38+,39+/m0/s1. The summed E-state index contributed by atoms with van der Waals surface area (Å²) in [6.45, 7) is 19.2. The zero-order chi connectivity index (χ0) is 32.1. The molecule has 0 saturated heterocycles. The number of fused-ring (bicyclic) bond motifs is 7. The van der Waals surface area contributed by atoms with Gasteiger partial charge in [-0.05, 0) is 127 Å². The average molecular weight is 603 g/mol. The molecule has 0 spiro atoms. The van der Waals surface area contributed by atoms with Crippen molar-refractivity contribution in [2.45, 2.75) is 119 Å². The molecule has 5 aliphatic carbocycles. The zero-order valence-electron chi connectivity index (χ0n) is 28.3. The van der Waals surface area contributed by atoms with Crippen LogP contribution >= 0.6 is 0 Å². The van der Waals surface area contributed by atoms with Gasteiger partial charge in [-0.3, -0.25) is 4.79 Å². The molecule has 44 heavy (non-hydrogen) atoms. The number of esters is 1. The SMILES string of the molecule is CC1(C)CC[C@]2(C)CC[C@]3(C)C(=CC(=O)[C@H]4[C@@]5(C)CC[C@H](OC(=O)/C=C/c6cc(O)cc(O)c6)C(C)(C)[C@@H]5CC[C@]43C)[C@@H]2C1. The van der Waals surface area contributed by atoms with Crippen LogP contribution < -0.4 is 0 Å². The molecule has 1 aromatic carbocycles. The van der Waals surface area contributed by atoms with Crippen molar-refractivity contribution in [3.63, 3.8) is 0 Å². The van der Waals surface area contributed by atoms with Crippen molar-refractivity contribution in [1.82, 2.24) is 0 Å². The Morgan fingerprint density at radius 3 is 2.20 bits per heavy atom. The quantitative estimate of drug-likeness (QED) is 0.266. The molecule has 8 atom stereocenters. The highest BCUT2D eigenvalue weighted by Gasteiger charge is 2.70. The Labute approximate surface area is 264 Å². The first-order valence-electron chi connectivity index (χ1n) is 17.0. The molecule has 0 radical (unpaired) electrons. The Hall–Kier alpha value is -2.56. The molecule has 6 rings (SSSR count). The molecule has 0 heterocycles. The fraction of sp³-hybridized carbons (Fsp3) is 0.692. The summed E-state index contributed by atoms with van der Waals surface area (Å²) in [5.74, 6) is 0.517. The second-order valence-electron chi connectivity index (χ2n) is 17.8. The first-order chi connectivity index (χ1) is 20.3. The maximum Gasteiger partial charge on any atom is 0.331 e. The molecule has 1 aromatic rings. The Morgan fingerprint density at radius 2 is 1.52 bits per heavy atom. The van der Waals surface area contributed by atoms with Crippen LogP contribution in [0.1, 0.15) is 119 Å². The largest absolute Gasteiger partial charge is 0.508 e. The summed E-state index contributed by atoms with van der Waals surface area (Å²) < 4.78 is 6.12. The fourth-order valence-corrected chi connectivity index (χ4v) is 11.6. The van der Waals surface area contributed by atoms with Crippen molar-refractivity contribution in [1.29, 1.82) is 0 Å². The first-order valence-corrected chi connectivity index (χ1v) is 17.0. The number of hydrogen-bond acceptors (Lipinski definition) is 5. The van der Waals surface area contributed by atoms with Gasteiger partial charge in [0.25, 0.3) is 0 Å². The van der Waals surface area contributed by atoms with E-state index >= 15 is 0 Å². The van der Waals surface area contributed by atoms with Crippen molar-refractivity contribution in [2.24, 2.45) is 50.2 Å². The molecule has 4 fully saturated rings. The van der Waals surface area contributed by atoms with Gasteiger partial charge in [-0.15, -0.1) is 0 Å². The summed E-state index contributed by atoms with van der Waals surface area (Å²) in [6.07, 6.45) is 14.6. The molecule has 0 aromatic heterocycles. The monoisotopic (exact) mass is 602 g/mol. The van der Waals surface area contributed by atoms with Crippen LogP contribution in [-0.2, 0) is 14.3 Å². The van der Waals surface area contributed by atoms with Gasteiger partial charge < -0.3 is 14.9 Å². The predicted molar refractivity (Wildman–Crippen MR) is 174 cm³/mol. The number of carbonyl (C=O) groups is 2. The second kappa shape index (κ2) is 9.97. The minimum atomic E-state index is -0.426. The maximum atomic E-state index is 14.6.